The molecule has 0 bridgehead atoms. The van der Waals surface area contributed by atoms with Gasteiger partial charge in [-0.15, -0.1) is 0 Å². The molecule has 0 aromatic rings. The molecule has 25 atom stereocenters. The quantitative estimate of drug-likeness (QED) is 0.0819. The molecule has 5 saturated heterocycles. The van der Waals surface area contributed by atoms with Gasteiger partial charge in [0, 0.05) is 0 Å². The van der Waals surface area contributed by atoms with Crippen LogP contribution in [0.15, 0.2) is 0 Å². The second-order valence-electron chi connectivity index (χ2n) is 14.0. The summed E-state index contributed by atoms with van der Waals surface area (Å²) in [6.45, 7) is -4.28. The lowest BCUT2D eigenvalue weighted by atomic mass is 9.96. The molecule has 0 saturated carbocycles. The second kappa shape index (κ2) is 19.6. The van der Waals surface area contributed by atoms with Gasteiger partial charge in [0.15, 0.2) is 31.5 Å². The maximum atomic E-state index is 11.0. The Morgan fingerprint density at radius 2 is 0.625 bits per heavy atom. The molecule has 0 aromatic heterocycles. The van der Waals surface area contributed by atoms with Crippen molar-refractivity contribution in [1.82, 2.24) is 0 Å². The molecular formula is C30H52O26. The summed E-state index contributed by atoms with van der Waals surface area (Å²) in [6, 6.07) is 0. The van der Waals surface area contributed by atoms with Crippen molar-refractivity contribution >= 4 is 0 Å². The van der Waals surface area contributed by atoms with E-state index in [2.05, 4.69) is 0 Å². The van der Waals surface area contributed by atoms with Crippen LogP contribution in [-0.2, 0) is 42.6 Å². The van der Waals surface area contributed by atoms with E-state index in [1.807, 2.05) is 0 Å². The van der Waals surface area contributed by atoms with Crippen molar-refractivity contribution in [3.05, 3.63) is 0 Å². The molecule has 26 nitrogen and oxygen atoms in total. The number of rotatable bonds is 13. The Morgan fingerprint density at radius 1 is 0.304 bits per heavy atom. The zero-order chi connectivity index (χ0) is 41.3. The number of aliphatic hydroxyl groups excluding tert-OH is 17. The summed E-state index contributed by atoms with van der Waals surface area (Å²) in [4.78, 5) is 0. The standard InChI is InChI=1S/C30H52O26/c31-1-6-11(35)13(37)19(43)28(50-6)55-25-9(4-34)52-30(22(46)17(25)41)56-24-8(3-33)51-27(21(45)16(24)40)48-5-10-12(36)14(38)20(44)29(53-10)54-23-7(2-32)49-26(47)18(42)15(23)39/h6-47H,1-5H2/t6-,7-,8-,9-,10-,11-,12-,13+,14+,15-,16-,17-,18-,19-,20-,21-,22-,23-,24-,25-,26?,27+,28-,29-,30-/m1/s1. The predicted molar refractivity (Wildman–Crippen MR) is 167 cm³/mol. The van der Waals surface area contributed by atoms with Crippen molar-refractivity contribution < 1.29 is 129 Å². The van der Waals surface area contributed by atoms with E-state index in [1.165, 1.54) is 0 Å². The number of ether oxygens (including phenoxy) is 9. The van der Waals surface area contributed by atoms with E-state index in [-0.39, 0.29) is 0 Å². The predicted octanol–water partition coefficient (Wildman–Crippen LogP) is -11.9. The number of aliphatic hydroxyl groups is 17. The lowest BCUT2D eigenvalue weighted by molar-refractivity contribution is -0.382. The van der Waals surface area contributed by atoms with Crippen molar-refractivity contribution in [2.75, 3.05) is 33.0 Å². The first-order valence-corrected chi connectivity index (χ1v) is 17.6. The maximum Gasteiger partial charge on any atom is 0.187 e. The molecule has 0 amide bonds. The third-order valence-corrected chi connectivity index (χ3v) is 10.3. The van der Waals surface area contributed by atoms with Gasteiger partial charge in [-0.05, 0) is 0 Å². The molecule has 0 radical (unpaired) electrons. The van der Waals surface area contributed by atoms with Crippen molar-refractivity contribution in [1.29, 1.82) is 0 Å². The van der Waals surface area contributed by atoms with Gasteiger partial charge in [-0.3, -0.25) is 0 Å². The first kappa shape index (κ1) is 46.0. The molecule has 1 unspecified atom stereocenters. The topological polar surface area (TPSA) is 427 Å². The van der Waals surface area contributed by atoms with Crippen LogP contribution in [-0.4, -0.2) is 273 Å². The first-order chi connectivity index (χ1) is 26.5. The van der Waals surface area contributed by atoms with Crippen molar-refractivity contribution in [3.8, 4) is 0 Å². The molecule has 5 aliphatic rings. The highest BCUT2D eigenvalue weighted by Crippen LogP contribution is 2.34. The molecule has 328 valence electrons. The lowest BCUT2D eigenvalue weighted by Crippen LogP contribution is -2.67. The SMILES string of the molecule is OC[C@H]1O[C@H](O[C@H]2[C@H](O)[C@@H](O)[C@@H](O[C@H]3[C@H](O)[C@@H](O)[C@@H](OC[C@H]4O[C@H](O[C@H]5[C@H](O)[C@@H](O)C(O)O[C@@H]5CO)[C@H](O)[C@@H](O)[C@@H]4O)O[C@@H]3CO)O[C@@H]2CO)[C@H](O)[C@@H](O)[C@@H]1O. The maximum absolute atomic E-state index is 11.0. The summed E-state index contributed by atoms with van der Waals surface area (Å²) in [6.07, 6.45) is -45.3. The molecule has 5 fully saturated rings. The highest BCUT2D eigenvalue weighted by atomic mass is 16.8. The Bertz CT molecular complexity index is 1200. The fraction of sp³-hybridized carbons (Fsp3) is 1.00. The van der Waals surface area contributed by atoms with Crippen LogP contribution in [0.3, 0.4) is 0 Å². The minimum atomic E-state index is -2.06. The smallest absolute Gasteiger partial charge is 0.187 e. The van der Waals surface area contributed by atoms with Crippen molar-refractivity contribution in [2.24, 2.45) is 0 Å². The van der Waals surface area contributed by atoms with Gasteiger partial charge in [-0.2, -0.15) is 0 Å². The molecule has 0 spiro atoms. The number of hydrogen-bond acceptors (Lipinski definition) is 26. The van der Waals surface area contributed by atoms with Gasteiger partial charge >= 0.3 is 0 Å². The van der Waals surface area contributed by atoms with Crippen LogP contribution in [0.5, 0.6) is 0 Å². The molecule has 26 heteroatoms. The molecule has 5 aliphatic heterocycles. The minimum Gasteiger partial charge on any atom is -0.394 e. The molecule has 5 rings (SSSR count). The van der Waals surface area contributed by atoms with E-state index in [0.717, 1.165) is 0 Å². The monoisotopic (exact) mass is 828 g/mol. The zero-order valence-electron chi connectivity index (χ0n) is 29.2. The summed E-state index contributed by atoms with van der Waals surface area (Å²) in [7, 11) is 0. The molecule has 17 N–H and O–H groups in total. The third-order valence-electron chi connectivity index (χ3n) is 10.3. The number of hydrogen-bond donors (Lipinski definition) is 17. The highest BCUT2D eigenvalue weighted by Gasteiger charge is 2.55. The molecule has 56 heavy (non-hydrogen) atoms. The van der Waals surface area contributed by atoms with E-state index in [9.17, 15) is 86.8 Å². The largest absolute Gasteiger partial charge is 0.394 e. The van der Waals surface area contributed by atoms with Crippen molar-refractivity contribution in [2.45, 2.75) is 154 Å². The van der Waals surface area contributed by atoms with Gasteiger partial charge in [0.25, 0.3) is 0 Å². The molecule has 0 aromatic carbocycles. The summed E-state index contributed by atoms with van der Waals surface area (Å²) in [5.41, 5.74) is 0. The van der Waals surface area contributed by atoms with Gasteiger partial charge in [-0.25, -0.2) is 0 Å². The first-order valence-electron chi connectivity index (χ1n) is 17.6. The Kier molecular flexibility index (Phi) is 16.1. The van der Waals surface area contributed by atoms with Gasteiger partial charge < -0.3 is 129 Å². The Morgan fingerprint density at radius 3 is 1.07 bits per heavy atom. The van der Waals surface area contributed by atoms with Crippen LogP contribution in [0.25, 0.3) is 0 Å². The van der Waals surface area contributed by atoms with E-state index < -0.39 is 187 Å². The van der Waals surface area contributed by atoms with Gasteiger partial charge in [0.1, 0.15) is 122 Å². The van der Waals surface area contributed by atoms with E-state index in [0.29, 0.717) is 0 Å². The van der Waals surface area contributed by atoms with Crippen molar-refractivity contribution in [3.63, 3.8) is 0 Å². The van der Waals surface area contributed by atoms with Crippen LogP contribution in [0, 0.1) is 0 Å². The zero-order valence-corrected chi connectivity index (χ0v) is 29.2. The summed E-state index contributed by atoms with van der Waals surface area (Å²) >= 11 is 0. The average Bonchev–Trinajstić information content (AvgIpc) is 3.19. The van der Waals surface area contributed by atoms with Crippen LogP contribution >= 0.6 is 0 Å². The Labute approximate surface area is 316 Å². The normalized spacial score (nSPS) is 53.2. The Balaban J connectivity index is 1.20. The second-order valence-corrected chi connectivity index (χ2v) is 14.0. The summed E-state index contributed by atoms with van der Waals surface area (Å²) < 4.78 is 48.9. The third kappa shape index (κ3) is 9.31. The summed E-state index contributed by atoms with van der Waals surface area (Å²) in [5, 5.41) is 175. The molecule has 5 heterocycles. The van der Waals surface area contributed by atoms with Crippen LogP contribution in [0.2, 0.25) is 0 Å². The fourth-order valence-electron chi connectivity index (χ4n) is 6.93. The minimum absolute atomic E-state index is 0.776. The van der Waals surface area contributed by atoms with Crippen LogP contribution in [0.1, 0.15) is 0 Å². The van der Waals surface area contributed by atoms with Gasteiger partial charge in [0.2, 0.25) is 0 Å². The molecular weight excluding hydrogens is 776 g/mol. The Hall–Kier alpha value is -1.04. The van der Waals surface area contributed by atoms with Gasteiger partial charge in [0.05, 0.1) is 33.0 Å². The van der Waals surface area contributed by atoms with Crippen LogP contribution < -0.4 is 0 Å². The summed E-state index contributed by atoms with van der Waals surface area (Å²) in [5.74, 6) is 0. The van der Waals surface area contributed by atoms with E-state index in [4.69, 9.17) is 42.6 Å². The lowest BCUT2D eigenvalue weighted by Gasteiger charge is -2.48. The van der Waals surface area contributed by atoms with E-state index in [1.54, 1.807) is 0 Å². The van der Waals surface area contributed by atoms with Gasteiger partial charge in [-0.1, -0.05) is 0 Å². The highest BCUT2D eigenvalue weighted by molar-refractivity contribution is 4.98. The van der Waals surface area contributed by atoms with E-state index >= 15 is 0 Å². The average molecular weight is 829 g/mol. The molecule has 0 aliphatic carbocycles. The van der Waals surface area contributed by atoms with Crippen LogP contribution in [0.4, 0.5) is 0 Å². The fourth-order valence-corrected chi connectivity index (χ4v) is 6.93.